The van der Waals surface area contributed by atoms with Crippen LogP contribution in [-0.4, -0.2) is 19.6 Å². The molecule has 0 spiro atoms. The molecular weight excluding hydrogens is 387 g/mol. The van der Waals surface area contributed by atoms with Crippen LogP contribution in [0.1, 0.15) is 18.1 Å². The molecule has 0 heterocycles. The van der Waals surface area contributed by atoms with E-state index in [4.69, 9.17) is 37.9 Å². The predicted octanol–water partition coefficient (Wildman–Crippen LogP) is 4.62. The number of ether oxygens (including phenoxy) is 2. The standard InChI is InChI=1S/C20H18Cl2N2O3/c1-3-26-19-10-13(9-14(11-23)20(25)24-2)7-8-18(19)27-12-15-16(21)5-4-6-17(15)22/h4-10H,3,12H2,1-2H3,(H,24,25)/b14-9+. The quantitative estimate of drug-likeness (QED) is 0.539. The molecule has 2 rings (SSSR count). The van der Waals surface area contributed by atoms with E-state index in [0.717, 1.165) is 0 Å². The Kier molecular flexibility index (Phi) is 7.54. The first-order chi connectivity index (χ1) is 13.0. The second-order valence-electron chi connectivity index (χ2n) is 5.38. The van der Waals surface area contributed by atoms with Gasteiger partial charge < -0.3 is 14.8 Å². The predicted molar refractivity (Wildman–Crippen MR) is 106 cm³/mol. The Labute approximate surface area is 168 Å². The van der Waals surface area contributed by atoms with Crippen molar-refractivity contribution < 1.29 is 14.3 Å². The zero-order valence-electron chi connectivity index (χ0n) is 14.9. The summed E-state index contributed by atoms with van der Waals surface area (Å²) in [6.45, 7) is 2.45. The summed E-state index contributed by atoms with van der Waals surface area (Å²) in [6, 6.07) is 12.3. The zero-order chi connectivity index (χ0) is 19.8. The van der Waals surface area contributed by atoms with Gasteiger partial charge in [-0.15, -0.1) is 0 Å². The Hall–Kier alpha value is -2.68. The molecule has 140 valence electrons. The van der Waals surface area contributed by atoms with Gasteiger partial charge in [0.2, 0.25) is 0 Å². The maximum Gasteiger partial charge on any atom is 0.261 e. The Morgan fingerprint density at radius 1 is 1.19 bits per heavy atom. The summed E-state index contributed by atoms with van der Waals surface area (Å²) >= 11 is 12.3. The maximum absolute atomic E-state index is 11.7. The third-order valence-corrected chi connectivity index (χ3v) is 4.31. The monoisotopic (exact) mass is 404 g/mol. The van der Waals surface area contributed by atoms with Crippen LogP contribution in [0.2, 0.25) is 10.0 Å². The molecular formula is C20H18Cl2N2O3. The number of benzene rings is 2. The SMILES string of the molecule is CCOc1cc(/C=C(\C#N)C(=O)NC)ccc1OCc1c(Cl)cccc1Cl. The summed E-state index contributed by atoms with van der Waals surface area (Å²) in [4.78, 5) is 11.7. The molecule has 7 heteroatoms. The largest absolute Gasteiger partial charge is 0.490 e. The lowest BCUT2D eigenvalue weighted by Crippen LogP contribution is -2.19. The van der Waals surface area contributed by atoms with Crippen molar-refractivity contribution in [3.8, 4) is 17.6 Å². The van der Waals surface area contributed by atoms with Crippen LogP contribution in [0.15, 0.2) is 42.0 Å². The zero-order valence-corrected chi connectivity index (χ0v) is 16.4. The average molecular weight is 405 g/mol. The van der Waals surface area contributed by atoms with Crippen LogP contribution >= 0.6 is 23.2 Å². The summed E-state index contributed by atoms with van der Waals surface area (Å²) in [5, 5.41) is 12.6. The van der Waals surface area contributed by atoms with E-state index in [0.29, 0.717) is 39.3 Å². The van der Waals surface area contributed by atoms with Crippen molar-refractivity contribution in [1.29, 1.82) is 5.26 Å². The highest BCUT2D eigenvalue weighted by atomic mass is 35.5. The summed E-state index contributed by atoms with van der Waals surface area (Å²) in [5.41, 5.74) is 1.32. The molecule has 0 radical (unpaired) electrons. The number of halogens is 2. The fourth-order valence-electron chi connectivity index (χ4n) is 2.27. The van der Waals surface area contributed by atoms with Crippen LogP contribution < -0.4 is 14.8 Å². The fourth-order valence-corrected chi connectivity index (χ4v) is 2.78. The van der Waals surface area contributed by atoms with E-state index in [2.05, 4.69) is 5.32 Å². The first kappa shape index (κ1) is 20.6. The number of nitriles is 1. The molecule has 0 bridgehead atoms. The molecule has 0 aromatic heterocycles. The molecule has 0 aliphatic carbocycles. The van der Waals surface area contributed by atoms with Gasteiger partial charge in [-0.25, -0.2) is 0 Å². The van der Waals surface area contributed by atoms with Gasteiger partial charge >= 0.3 is 0 Å². The molecule has 5 nitrogen and oxygen atoms in total. The minimum Gasteiger partial charge on any atom is -0.490 e. The lowest BCUT2D eigenvalue weighted by Gasteiger charge is -2.14. The molecule has 27 heavy (non-hydrogen) atoms. The first-order valence-electron chi connectivity index (χ1n) is 8.16. The lowest BCUT2D eigenvalue weighted by atomic mass is 10.1. The number of rotatable bonds is 7. The van der Waals surface area contributed by atoms with Crippen LogP contribution in [0, 0.1) is 11.3 Å². The molecule has 0 saturated carbocycles. The van der Waals surface area contributed by atoms with Crippen molar-refractivity contribution in [1.82, 2.24) is 5.32 Å². The molecule has 0 aliphatic heterocycles. The molecule has 0 fully saturated rings. The highest BCUT2D eigenvalue weighted by Gasteiger charge is 2.12. The number of amides is 1. The normalized spacial score (nSPS) is 10.9. The number of carbonyl (C=O) groups is 1. The van der Waals surface area contributed by atoms with Crippen LogP contribution in [0.4, 0.5) is 0 Å². The Morgan fingerprint density at radius 3 is 2.48 bits per heavy atom. The highest BCUT2D eigenvalue weighted by Crippen LogP contribution is 2.32. The number of carbonyl (C=O) groups excluding carboxylic acids is 1. The van der Waals surface area contributed by atoms with Crippen LogP contribution in [-0.2, 0) is 11.4 Å². The van der Waals surface area contributed by atoms with Gasteiger partial charge in [0, 0.05) is 22.7 Å². The second-order valence-corrected chi connectivity index (χ2v) is 6.19. The molecule has 0 aliphatic rings. The average Bonchev–Trinajstić information content (AvgIpc) is 2.66. The van der Waals surface area contributed by atoms with Crippen molar-refractivity contribution in [3.05, 3.63) is 63.1 Å². The van der Waals surface area contributed by atoms with Gasteiger partial charge in [-0.3, -0.25) is 4.79 Å². The van der Waals surface area contributed by atoms with Crippen molar-refractivity contribution in [2.45, 2.75) is 13.5 Å². The maximum atomic E-state index is 11.7. The molecule has 0 atom stereocenters. The molecule has 2 aromatic carbocycles. The first-order valence-corrected chi connectivity index (χ1v) is 8.92. The van der Waals surface area contributed by atoms with Gasteiger partial charge in [0.15, 0.2) is 11.5 Å². The molecule has 1 N–H and O–H groups in total. The van der Waals surface area contributed by atoms with Crippen LogP contribution in [0.5, 0.6) is 11.5 Å². The second kappa shape index (κ2) is 9.86. The van der Waals surface area contributed by atoms with E-state index < -0.39 is 5.91 Å². The number of nitrogens with zero attached hydrogens (tertiary/aromatic N) is 1. The third kappa shape index (κ3) is 5.40. The summed E-state index contributed by atoms with van der Waals surface area (Å²) in [6.07, 6.45) is 1.48. The Balaban J connectivity index is 2.29. The van der Waals surface area contributed by atoms with Crippen LogP contribution in [0.3, 0.4) is 0 Å². The van der Waals surface area contributed by atoms with Crippen molar-refractivity contribution in [2.75, 3.05) is 13.7 Å². The van der Waals surface area contributed by atoms with Gasteiger partial charge in [0.05, 0.1) is 6.61 Å². The highest BCUT2D eigenvalue weighted by molar-refractivity contribution is 6.35. The van der Waals surface area contributed by atoms with Gasteiger partial charge in [0.25, 0.3) is 5.91 Å². The smallest absolute Gasteiger partial charge is 0.261 e. The van der Waals surface area contributed by atoms with E-state index in [-0.39, 0.29) is 12.2 Å². The summed E-state index contributed by atoms with van der Waals surface area (Å²) in [7, 11) is 1.47. The van der Waals surface area contributed by atoms with E-state index in [1.165, 1.54) is 13.1 Å². The van der Waals surface area contributed by atoms with Gasteiger partial charge in [-0.05, 0) is 42.8 Å². The fraction of sp³-hybridized carbons (Fsp3) is 0.200. The summed E-state index contributed by atoms with van der Waals surface area (Å²) in [5.74, 6) is 0.538. The van der Waals surface area contributed by atoms with Gasteiger partial charge in [0.1, 0.15) is 18.2 Å². The van der Waals surface area contributed by atoms with Gasteiger partial charge in [-0.1, -0.05) is 35.3 Å². The molecule has 1 amide bonds. The van der Waals surface area contributed by atoms with Crippen molar-refractivity contribution >= 4 is 35.2 Å². The molecule has 2 aromatic rings. The van der Waals surface area contributed by atoms with E-state index in [9.17, 15) is 4.79 Å². The topological polar surface area (TPSA) is 71.3 Å². The Bertz CT molecular complexity index is 884. The van der Waals surface area contributed by atoms with Crippen molar-refractivity contribution in [3.63, 3.8) is 0 Å². The number of nitrogens with one attached hydrogen (secondary N) is 1. The van der Waals surface area contributed by atoms with E-state index in [1.807, 2.05) is 13.0 Å². The Morgan fingerprint density at radius 2 is 1.89 bits per heavy atom. The number of likely N-dealkylation sites (N-methyl/N-ethyl adjacent to an activating group) is 1. The number of hydrogen-bond donors (Lipinski definition) is 1. The molecule has 0 saturated heterocycles. The number of hydrogen-bond acceptors (Lipinski definition) is 4. The minimum absolute atomic E-state index is 0.00327. The summed E-state index contributed by atoms with van der Waals surface area (Å²) < 4.78 is 11.5. The van der Waals surface area contributed by atoms with E-state index >= 15 is 0 Å². The lowest BCUT2D eigenvalue weighted by molar-refractivity contribution is -0.116. The third-order valence-electron chi connectivity index (χ3n) is 3.60. The van der Waals surface area contributed by atoms with Gasteiger partial charge in [-0.2, -0.15) is 5.26 Å². The van der Waals surface area contributed by atoms with E-state index in [1.54, 1.807) is 36.4 Å². The minimum atomic E-state index is -0.454. The van der Waals surface area contributed by atoms with Crippen molar-refractivity contribution in [2.24, 2.45) is 0 Å². The van der Waals surface area contributed by atoms with Crippen LogP contribution in [0.25, 0.3) is 6.08 Å². The molecule has 0 unspecified atom stereocenters.